The number of carbonyl (C=O) groups is 2. The van der Waals surface area contributed by atoms with Gasteiger partial charge in [-0.1, -0.05) is 24.3 Å². The number of hydrogen-bond donors (Lipinski definition) is 1. The Hall–Kier alpha value is -5.02. The van der Waals surface area contributed by atoms with Crippen LogP contribution in [-0.2, 0) is 36.2 Å². The molecule has 0 atom stereocenters. The van der Waals surface area contributed by atoms with E-state index in [0.717, 1.165) is 83.3 Å². The normalized spacial score (nSPS) is 17.6. The number of aromatic nitrogens is 3. The van der Waals surface area contributed by atoms with E-state index < -0.39 is 5.91 Å². The van der Waals surface area contributed by atoms with Crippen LogP contribution in [0.25, 0.3) is 33.7 Å². The van der Waals surface area contributed by atoms with Crippen LogP contribution in [-0.4, -0.2) is 56.6 Å². The van der Waals surface area contributed by atoms with Crippen molar-refractivity contribution in [3.8, 4) is 28.7 Å². The predicted molar refractivity (Wildman–Crippen MR) is 193 cm³/mol. The number of carbonyl (C=O) groups excluding carboxylic acids is 2. The molecule has 1 fully saturated rings. The van der Waals surface area contributed by atoms with Crippen LogP contribution in [0.1, 0.15) is 64.4 Å². The molecule has 1 saturated carbocycles. The summed E-state index contributed by atoms with van der Waals surface area (Å²) in [5.41, 5.74) is 7.61. The second-order valence-electron chi connectivity index (χ2n) is 13.5. The fourth-order valence-corrected chi connectivity index (χ4v) is 7.78. The summed E-state index contributed by atoms with van der Waals surface area (Å²) in [7, 11) is 3.33. The highest BCUT2D eigenvalue weighted by Crippen LogP contribution is 2.36. The van der Waals surface area contributed by atoms with Crippen molar-refractivity contribution < 1.29 is 23.8 Å². The van der Waals surface area contributed by atoms with Crippen LogP contribution in [0.2, 0.25) is 0 Å². The standard InChI is InChI=1S/C39H39ClN6O5/c1-23-30(8-5-9-31(23)37-43-32-17-25(22-47)16-28(19-41)35(32)51-37)27-6-4-7-29(18-27)46(40)38(48)36-42-33-21-45(15-14-34(33)44(36)2)20-24-10-12-26(13-11-24)39(49)50-3/h4-9,16-18,24,26,47H,10-15,20-22H2,1-3H3. The molecular weight excluding hydrogens is 668 g/mol. The molecule has 12 heteroatoms. The third kappa shape index (κ3) is 6.63. The zero-order valence-electron chi connectivity index (χ0n) is 28.9. The summed E-state index contributed by atoms with van der Waals surface area (Å²) >= 11 is 6.77. The maximum absolute atomic E-state index is 13.8. The summed E-state index contributed by atoms with van der Waals surface area (Å²) < 4.78 is 14.0. The molecule has 51 heavy (non-hydrogen) atoms. The second-order valence-corrected chi connectivity index (χ2v) is 13.8. The number of oxazole rings is 1. The average Bonchev–Trinajstić information content (AvgIpc) is 3.74. The number of benzene rings is 3. The minimum Gasteiger partial charge on any atom is -0.469 e. The number of imidazole rings is 1. The molecule has 262 valence electrons. The Labute approximate surface area is 301 Å². The van der Waals surface area contributed by atoms with Crippen LogP contribution in [0.15, 0.2) is 59.0 Å². The van der Waals surface area contributed by atoms with Gasteiger partial charge in [-0.25, -0.2) is 14.4 Å². The number of anilines is 1. The molecule has 11 nitrogen and oxygen atoms in total. The van der Waals surface area contributed by atoms with E-state index in [1.807, 2.05) is 54.9 Å². The minimum atomic E-state index is -0.411. The molecule has 1 aliphatic heterocycles. The van der Waals surface area contributed by atoms with Crippen molar-refractivity contribution in [2.24, 2.45) is 18.9 Å². The van der Waals surface area contributed by atoms with E-state index in [2.05, 4.69) is 16.0 Å². The lowest BCUT2D eigenvalue weighted by Gasteiger charge is -2.33. The third-order valence-electron chi connectivity index (χ3n) is 10.4. The Morgan fingerprint density at radius 2 is 1.86 bits per heavy atom. The molecule has 0 bridgehead atoms. The summed E-state index contributed by atoms with van der Waals surface area (Å²) in [5, 5.41) is 19.3. The van der Waals surface area contributed by atoms with E-state index in [1.54, 1.807) is 18.2 Å². The van der Waals surface area contributed by atoms with Crippen molar-refractivity contribution in [2.75, 3.05) is 24.6 Å². The van der Waals surface area contributed by atoms with Crippen LogP contribution in [0.3, 0.4) is 0 Å². The van der Waals surface area contributed by atoms with Crippen LogP contribution in [0.4, 0.5) is 5.69 Å². The van der Waals surface area contributed by atoms with Crippen LogP contribution in [0.5, 0.6) is 0 Å². The molecule has 1 aliphatic carbocycles. The smallest absolute Gasteiger partial charge is 0.308 e. The number of ether oxygens (including phenoxy) is 1. The SMILES string of the molecule is COC(=O)C1CCC(CN2CCc3c(nc(C(=O)N(Cl)c4cccc(-c5cccc(-c6nc7cc(CO)cc(C#N)c7o6)c5C)c4)n3C)C2)CC1. The van der Waals surface area contributed by atoms with E-state index in [1.165, 1.54) is 7.11 Å². The highest BCUT2D eigenvalue weighted by molar-refractivity contribution is 6.38. The first kappa shape index (κ1) is 34.4. The molecule has 0 saturated heterocycles. The van der Waals surface area contributed by atoms with Crippen molar-refractivity contribution >= 4 is 40.4 Å². The van der Waals surface area contributed by atoms with Gasteiger partial charge in [-0.2, -0.15) is 5.26 Å². The molecule has 2 aromatic heterocycles. The molecule has 1 N–H and O–H groups in total. The highest BCUT2D eigenvalue weighted by Gasteiger charge is 2.31. The first-order valence-corrected chi connectivity index (χ1v) is 17.5. The third-order valence-corrected chi connectivity index (χ3v) is 10.8. The lowest BCUT2D eigenvalue weighted by atomic mass is 9.81. The van der Waals surface area contributed by atoms with Crippen molar-refractivity contribution in [1.82, 2.24) is 19.4 Å². The lowest BCUT2D eigenvalue weighted by Crippen LogP contribution is -2.36. The topological polar surface area (TPSA) is 138 Å². The Kier molecular flexibility index (Phi) is 9.66. The van der Waals surface area contributed by atoms with Gasteiger partial charge in [-0.3, -0.25) is 14.5 Å². The van der Waals surface area contributed by atoms with Crippen molar-refractivity contribution in [3.05, 3.63) is 88.5 Å². The van der Waals surface area contributed by atoms with E-state index in [9.17, 15) is 20.0 Å². The van der Waals surface area contributed by atoms with Crippen molar-refractivity contribution in [1.29, 1.82) is 5.26 Å². The second kappa shape index (κ2) is 14.3. The molecule has 0 spiro atoms. The van der Waals surface area contributed by atoms with Gasteiger partial charge in [0.05, 0.1) is 36.6 Å². The van der Waals surface area contributed by atoms with Gasteiger partial charge in [-0.15, -0.1) is 0 Å². The fraction of sp³-hybridized carbons (Fsp3) is 0.359. The molecule has 0 radical (unpaired) electrons. The zero-order valence-corrected chi connectivity index (χ0v) is 29.6. The number of aliphatic hydroxyl groups is 1. The number of fused-ring (bicyclic) bond motifs is 2. The first-order valence-electron chi connectivity index (χ1n) is 17.2. The Morgan fingerprint density at radius 3 is 2.61 bits per heavy atom. The Morgan fingerprint density at radius 1 is 1.10 bits per heavy atom. The summed E-state index contributed by atoms with van der Waals surface area (Å²) in [6.45, 7) is 4.26. The summed E-state index contributed by atoms with van der Waals surface area (Å²) in [6, 6.07) is 18.7. The van der Waals surface area contributed by atoms with E-state index >= 15 is 0 Å². The number of aliphatic hydroxyl groups excluding tert-OH is 1. The first-order chi connectivity index (χ1) is 24.7. The molecule has 3 heterocycles. The number of halogens is 1. The molecule has 3 aromatic carbocycles. The van der Waals surface area contributed by atoms with Crippen molar-refractivity contribution in [3.63, 3.8) is 0 Å². The summed E-state index contributed by atoms with van der Waals surface area (Å²) in [4.78, 5) is 37.6. The van der Waals surface area contributed by atoms with Gasteiger partial charge in [0.1, 0.15) is 11.6 Å². The minimum absolute atomic E-state index is 0.0128. The fourth-order valence-electron chi connectivity index (χ4n) is 7.60. The maximum Gasteiger partial charge on any atom is 0.308 e. The number of amides is 1. The van der Waals surface area contributed by atoms with Crippen LogP contribution >= 0.6 is 11.8 Å². The van der Waals surface area contributed by atoms with E-state index in [0.29, 0.717) is 46.3 Å². The highest BCUT2D eigenvalue weighted by atomic mass is 35.5. The molecular formula is C39H39ClN6O5. The Bertz CT molecular complexity index is 2180. The molecule has 0 unspecified atom stereocenters. The van der Waals surface area contributed by atoms with Crippen molar-refractivity contribution in [2.45, 2.75) is 52.2 Å². The Balaban J connectivity index is 1.08. The van der Waals surface area contributed by atoms with E-state index in [-0.39, 0.29) is 24.3 Å². The van der Waals surface area contributed by atoms with Gasteiger partial charge in [0.25, 0.3) is 0 Å². The van der Waals surface area contributed by atoms with Gasteiger partial charge in [0, 0.05) is 56.1 Å². The number of nitriles is 1. The summed E-state index contributed by atoms with van der Waals surface area (Å²) in [6.07, 6.45) is 4.53. The van der Waals surface area contributed by atoms with Gasteiger partial charge in [0.2, 0.25) is 11.7 Å². The largest absolute Gasteiger partial charge is 0.469 e. The van der Waals surface area contributed by atoms with E-state index in [4.69, 9.17) is 25.9 Å². The number of rotatable bonds is 8. The average molecular weight is 707 g/mol. The molecule has 5 aromatic rings. The quantitative estimate of drug-likeness (QED) is 0.138. The lowest BCUT2D eigenvalue weighted by molar-refractivity contribution is -0.146. The van der Waals surface area contributed by atoms with Crippen LogP contribution in [0, 0.1) is 30.1 Å². The molecule has 7 rings (SSSR count). The zero-order chi connectivity index (χ0) is 35.8. The number of esters is 1. The van der Waals surface area contributed by atoms with Gasteiger partial charge >= 0.3 is 11.9 Å². The number of nitrogens with zero attached hydrogens (tertiary/aromatic N) is 6. The number of methoxy groups -OCH3 is 1. The maximum atomic E-state index is 13.8. The van der Waals surface area contributed by atoms with Gasteiger partial charge in [-0.05, 0) is 91.1 Å². The number of hydrogen-bond acceptors (Lipinski definition) is 9. The van der Waals surface area contributed by atoms with Crippen LogP contribution < -0.4 is 4.42 Å². The van der Waals surface area contributed by atoms with Gasteiger partial charge in [0.15, 0.2) is 5.58 Å². The molecule has 1 amide bonds. The van der Waals surface area contributed by atoms with Gasteiger partial charge < -0.3 is 18.8 Å². The predicted octanol–water partition coefficient (Wildman–Crippen LogP) is 6.71. The summed E-state index contributed by atoms with van der Waals surface area (Å²) in [5.74, 6) is 0.683. The molecule has 2 aliphatic rings. The monoisotopic (exact) mass is 706 g/mol.